The van der Waals surface area contributed by atoms with Gasteiger partial charge in [-0.25, -0.2) is 0 Å². The number of carbonyl (C=O) groups excluding carboxylic acids is 1. The summed E-state index contributed by atoms with van der Waals surface area (Å²) >= 11 is 0. The molecule has 1 aromatic carbocycles. The Hall–Kier alpha value is -1.71. The number of rotatable bonds is 3. The molecule has 1 radical (unpaired) electrons. The summed E-state index contributed by atoms with van der Waals surface area (Å²) in [4.78, 5) is 10.6. The molecule has 15 heavy (non-hydrogen) atoms. The molecular weight excluding hydrogens is 196 g/mol. The summed E-state index contributed by atoms with van der Waals surface area (Å²) in [6.45, 7) is 3.36. The number of fused-ring (bicyclic) bond motifs is 1. The van der Waals surface area contributed by atoms with Gasteiger partial charge in [-0.3, -0.25) is 4.79 Å². The lowest BCUT2D eigenvalue weighted by Crippen LogP contribution is -2.16. The van der Waals surface area contributed by atoms with Crippen LogP contribution in [-0.4, -0.2) is 26.1 Å². The highest BCUT2D eigenvalue weighted by molar-refractivity contribution is 5.78. The van der Waals surface area contributed by atoms with Crippen LogP contribution in [0, 0.1) is 0 Å². The molecule has 0 saturated heterocycles. The summed E-state index contributed by atoms with van der Waals surface area (Å²) in [7, 11) is 0. The molecule has 0 amide bonds. The van der Waals surface area contributed by atoms with Crippen LogP contribution in [0.5, 0.6) is 17.2 Å². The van der Waals surface area contributed by atoms with Crippen molar-refractivity contribution in [2.75, 3.05) is 19.8 Å². The summed E-state index contributed by atoms with van der Waals surface area (Å²) in [6.07, 6.45) is 1.81. The molecule has 0 saturated carbocycles. The lowest BCUT2D eigenvalue weighted by molar-refractivity contribution is 0.162. The molecule has 1 aliphatic heterocycles. The van der Waals surface area contributed by atoms with E-state index in [0.29, 0.717) is 42.6 Å². The van der Waals surface area contributed by atoms with Crippen molar-refractivity contribution in [2.45, 2.75) is 6.92 Å². The molecule has 4 nitrogen and oxygen atoms in total. The Labute approximate surface area is 87.8 Å². The standard InChI is InChI=1S/C11H11O4/c1-2-13-9-5-8(7-12)6-10-11(9)15-4-3-14-10/h5-6H,2-4H2,1H3. The predicted molar refractivity (Wildman–Crippen MR) is 53.4 cm³/mol. The van der Waals surface area contributed by atoms with Crippen LogP contribution in [0.4, 0.5) is 0 Å². The second-order valence-corrected chi connectivity index (χ2v) is 3.03. The molecule has 0 atom stereocenters. The minimum atomic E-state index is 0.405. The van der Waals surface area contributed by atoms with Crippen LogP contribution >= 0.6 is 0 Å². The SMILES string of the molecule is CCOc1cc([C]=O)cc2c1OCCO2. The zero-order valence-electron chi connectivity index (χ0n) is 8.41. The Morgan fingerprint density at radius 1 is 1.40 bits per heavy atom. The van der Waals surface area contributed by atoms with Crippen molar-refractivity contribution in [3.63, 3.8) is 0 Å². The summed E-state index contributed by atoms with van der Waals surface area (Å²) < 4.78 is 16.2. The lowest BCUT2D eigenvalue weighted by atomic mass is 10.2. The predicted octanol–water partition coefficient (Wildman–Crippen LogP) is 1.31. The maximum atomic E-state index is 10.6. The Bertz CT molecular complexity index is 373. The van der Waals surface area contributed by atoms with Gasteiger partial charge in [-0.15, -0.1) is 0 Å². The van der Waals surface area contributed by atoms with E-state index in [1.165, 1.54) is 0 Å². The maximum absolute atomic E-state index is 10.6. The largest absolute Gasteiger partial charge is 0.490 e. The molecule has 0 N–H and O–H groups in total. The Balaban J connectivity index is 2.45. The van der Waals surface area contributed by atoms with Gasteiger partial charge >= 0.3 is 0 Å². The van der Waals surface area contributed by atoms with Crippen LogP contribution in [-0.2, 0) is 4.79 Å². The van der Waals surface area contributed by atoms with Gasteiger partial charge < -0.3 is 14.2 Å². The van der Waals surface area contributed by atoms with Gasteiger partial charge in [-0.05, 0) is 19.1 Å². The molecule has 0 spiro atoms. The fraction of sp³-hybridized carbons (Fsp3) is 0.364. The summed E-state index contributed by atoms with van der Waals surface area (Å²) in [6, 6.07) is 3.20. The Kier molecular flexibility index (Phi) is 2.76. The molecular formula is C11H11O4. The molecule has 4 heteroatoms. The minimum absolute atomic E-state index is 0.405. The molecule has 0 aromatic heterocycles. The van der Waals surface area contributed by atoms with Gasteiger partial charge in [0.05, 0.1) is 6.61 Å². The molecule has 79 valence electrons. The Morgan fingerprint density at radius 3 is 2.93 bits per heavy atom. The highest BCUT2D eigenvalue weighted by Gasteiger charge is 2.18. The van der Waals surface area contributed by atoms with Crippen molar-refractivity contribution < 1.29 is 19.0 Å². The first-order valence-electron chi connectivity index (χ1n) is 4.79. The summed E-state index contributed by atoms with van der Waals surface area (Å²) in [5, 5.41) is 0. The minimum Gasteiger partial charge on any atom is -0.490 e. The molecule has 0 bridgehead atoms. The zero-order chi connectivity index (χ0) is 10.7. The second kappa shape index (κ2) is 4.21. The first kappa shape index (κ1) is 9.83. The molecule has 1 heterocycles. The average molecular weight is 207 g/mol. The maximum Gasteiger partial charge on any atom is 0.233 e. The summed E-state index contributed by atoms with van der Waals surface area (Å²) in [5.74, 6) is 1.65. The van der Waals surface area contributed by atoms with E-state index < -0.39 is 0 Å². The smallest absolute Gasteiger partial charge is 0.233 e. The number of ether oxygens (including phenoxy) is 3. The monoisotopic (exact) mass is 207 g/mol. The van der Waals surface area contributed by atoms with E-state index in [0.717, 1.165) is 0 Å². The van der Waals surface area contributed by atoms with E-state index in [1.807, 2.05) is 13.2 Å². The highest BCUT2D eigenvalue weighted by Crippen LogP contribution is 2.40. The van der Waals surface area contributed by atoms with Crippen molar-refractivity contribution in [3.05, 3.63) is 17.7 Å². The van der Waals surface area contributed by atoms with Crippen LogP contribution in [0.3, 0.4) is 0 Å². The normalized spacial score (nSPS) is 13.4. The van der Waals surface area contributed by atoms with E-state index in [1.54, 1.807) is 12.1 Å². The van der Waals surface area contributed by atoms with E-state index >= 15 is 0 Å². The first-order chi connectivity index (χ1) is 7.35. The molecule has 0 unspecified atom stereocenters. The summed E-state index contributed by atoms with van der Waals surface area (Å²) in [5.41, 5.74) is 0.405. The van der Waals surface area contributed by atoms with Crippen molar-refractivity contribution >= 4 is 6.29 Å². The molecule has 2 rings (SSSR count). The van der Waals surface area contributed by atoms with Crippen molar-refractivity contribution in [1.82, 2.24) is 0 Å². The topological polar surface area (TPSA) is 44.8 Å². The fourth-order valence-electron chi connectivity index (χ4n) is 1.44. The fourth-order valence-corrected chi connectivity index (χ4v) is 1.44. The van der Waals surface area contributed by atoms with Crippen molar-refractivity contribution in [2.24, 2.45) is 0 Å². The molecule has 1 aromatic rings. The van der Waals surface area contributed by atoms with Gasteiger partial charge in [0.2, 0.25) is 12.0 Å². The number of benzene rings is 1. The number of hydrogen-bond acceptors (Lipinski definition) is 4. The van der Waals surface area contributed by atoms with Gasteiger partial charge in [0.25, 0.3) is 0 Å². The van der Waals surface area contributed by atoms with Crippen LogP contribution in [0.1, 0.15) is 12.5 Å². The van der Waals surface area contributed by atoms with E-state index in [9.17, 15) is 4.79 Å². The van der Waals surface area contributed by atoms with Crippen LogP contribution in [0.25, 0.3) is 0 Å². The van der Waals surface area contributed by atoms with E-state index in [2.05, 4.69) is 0 Å². The van der Waals surface area contributed by atoms with Gasteiger partial charge in [0.1, 0.15) is 13.2 Å². The molecule has 1 aliphatic rings. The number of hydrogen-bond donors (Lipinski definition) is 0. The van der Waals surface area contributed by atoms with Crippen molar-refractivity contribution in [1.29, 1.82) is 0 Å². The van der Waals surface area contributed by atoms with Crippen molar-refractivity contribution in [3.8, 4) is 17.2 Å². The molecule has 0 aliphatic carbocycles. The van der Waals surface area contributed by atoms with Crippen LogP contribution < -0.4 is 14.2 Å². The third kappa shape index (κ3) is 1.88. The zero-order valence-corrected chi connectivity index (χ0v) is 8.41. The van der Waals surface area contributed by atoms with E-state index in [4.69, 9.17) is 14.2 Å². The third-order valence-corrected chi connectivity index (χ3v) is 2.03. The molecule has 0 fully saturated rings. The first-order valence-corrected chi connectivity index (χ1v) is 4.79. The average Bonchev–Trinajstić information content (AvgIpc) is 2.29. The van der Waals surface area contributed by atoms with Gasteiger partial charge in [0, 0.05) is 5.56 Å². The van der Waals surface area contributed by atoms with Crippen LogP contribution in [0.2, 0.25) is 0 Å². The quantitative estimate of drug-likeness (QED) is 0.749. The van der Waals surface area contributed by atoms with Gasteiger partial charge in [-0.1, -0.05) is 0 Å². The third-order valence-electron chi connectivity index (χ3n) is 2.03. The highest BCUT2D eigenvalue weighted by atomic mass is 16.6. The Morgan fingerprint density at radius 2 is 2.20 bits per heavy atom. The van der Waals surface area contributed by atoms with Gasteiger partial charge in [0.15, 0.2) is 11.5 Å². The second-order valence-electron chi connectivity index (χ2n) is 3.03. The van der Waals surface area contributed by atoms with Crippen LogP contribution in [0.15, 0.2) is 12.1 Å². The van der Waals surface area contributed by atoms with Gasteiger partial charge in [-0.2, -0.15) is 0 Å². The van der Waals surface area contributed by atoms with E-state index in [-0.39, 0.29) is 0 Å². The lowest BCUT2D eigenvalue weighted by Gasteiger charge is -2.21.